The van der Waals surface area contributed by atoms with Gasteiger partial charge in [-0.2, -0.15) is 0 Å². The van der Waals surface area contributed by atoms with Gasteiger partial charge in [0.15, 0.2) is 11.0 Å². The van der Waals surface area contributed by atoms with E-state index in [0.717, 1.165) is 0 Å². The Bertz CT molecular complexity index is 1160. The first kappa shape index (κ1) is 25.8. The SMILES string of the molecule is CCn1c(SCC(=O)Nc2cc(Cl)ccc2Cl)nnc1C(CO)NC(=O)c1ccc(OC)cc1. The number of hydrogen-bond acceptors (Lipinski definition) is 7. The third-order valence-corrected chi connectivity index (χ3v) is 6.28. The number of thioether (sulfide) groups is 1. The molecule has 9 nitrogen and oxygen atoms in total. The summed E-state index contributed by atoms with van der Waals surface area (Å²) in [7, 11) is 1.54. The summed E-state index contributed by atoms with van der Waals surface area (Å²) in [6, 6.07) is 10.6. The van der Waals surface area contributed by atoms with Crippen molar-refractivity contribution in [2.24, 2.45) is 0 Å². The number of hydrogen-bond donors (Lipinski definition) is 3. The number of halogens is 2. The highest BCUT2D eigenvalue weighted by Gasteiger charge is 2.23. The smallest absolute Gasteiger partial charge is 0.251 e. The van der Waals surface area contributed by atoms with E-state index in [-0.39, 0.29) is 24.2 Å². The number of methoxy groups -OCH3 is 1. The number of carbonyl (C=O) groups is 2. The van der Waals surface area contributed by atoms with E-state index in [0.29, 0.717) is 44.6 Å². The Morgan fingerprint density at radius 1 is 1.18 bits per heavy atom. The van der Waals surface area contributed by atoms with Crippen molar-refractivity contribution in [1.82, 2.24) is 20.1 Å². The van der Waals surface area contributed by atoms with E-state index in [1.54, 1.807) is 54.1 Å². The summed E-state index contributed by atoms with van der Waals surface area (Å²) in [4.78, 5) is 25.0. The van der Waals surface area contributed by atoms with Gasteiger partial charge in [0.05, 0.1) is 30.2 Å². The quantitative estimate of drug-likeness (QED) is 0.345. The zero-order valence-corrected chi connectivity index (χ0v) is 20.7. The molecule has 0 bridgehead atoms. The molecule has 1 atom stereocenters. The van der Waals surface area contributed by atoms with Gasteiger partial charge in [-0.1, -0.05) is 35.0 Å². The number of nitrogens with one attached hydrogen (secondary N) is 2. The first-order chi connectivity index (χ1) is 16.4. The number of ether oxygens (including phenoxy) is 1. The van der Waals surface area contributed by atoms with Crippen molar-refractivity contribution in [3.8, 4) is 5.75 Å². The third-order valence-electron chi connectivity index (χ3n) is 4.75. The average Bonchev–Trinajstić information content (AvgIpc) is 3.26. The summed E-state index contributed by atoms with van der Waals surface area (Å²) >= 11 is 13.2. The second-order valence-electron chi connectivity index (χ2n) is 6.98. The van der Waals surface area contributed by atoms with Crippen LogP contribution in [-0.2, 0) is 11.3 Å². The van der Waals surface area contributed by atoms with Gasteiger partial charge in [-0.25, -0.2) is 0 Å². The van der Waals surface area contributed by atoms with Crippen LogP contribution in [0.3, 0.4) is 0 Å². The van der Waals surface area contributed by atoms with Crippen LogP contribution in [0.5, 0.6) is 5.75 Å². The standard InChI is InChI=1S/C22H23Cl2N5O4S/c1-3-29-20(18(11-30)26-21(32)13-4-7-15(33-2)8-5-13)27-28-22(29)34-12-19(31)25-17-10-14(23)6-9-16(17)24/h4-10,18,30H,3,11-12H2,1-2H3,(H,25,31)(H,26,32). The van der Waals surface area contributed by atoms with E-state index < -0.39 is 6.04 Å². The Balaban J connectivity index is 1.67. The highest BCUT2D eigenvalue weighted by molar-refractivity contribution is 7.99. The number of amides is 2. The molecule has 0 saturated carbocycles. The van der Waals surface area contributed by atoms with E-state index >= 15 is 0 Å². The molecular weight excluding hydrogens is 501 g/mol. The fraction of sp³-hybridized carbons (Fsp3) is 0.273. The number of aliphatic hydroxyl groups excluding tert-OH is 1. The maximum Gasteiger partial charge on any atom is 0.251 e. The molecule has 0 spiro atoms. The largest absolute Gasteiger partial charge is 0.497 e. The van der Waals surface area contributed by atoms with Gasteiger partial charge < -0.3 is 25.0 Å². The van der Waals surface area contributed by atoms with Crippen LogP contribution in [-0.4, -0.2) is 51.2 Å². The Kier molecular flexibility index (Phi) is 9.17. The van der Waals surface area contributed by atoms with Crippen molar-refractivity contribution in [1.29, 1.82) is 0 Å². The number of aliphatic hydroxyl groups is 1. The Morgan fingerprint density at radius 3 is 2.56 bits per heavy atom. The molecule has 34 heavy (non-hydrogen) atoms. The summed E-state index contributed by atoms with van der Waals surface area (Å²) in [5.74, 6) is 0.382. The number of benzene rings is 2. The van der Waals surface area contributed by atoms with Crippen LogP contribution in [0.2, 0.25) is 10.0 Å². The summed E-state index contributed by atoms with van der Waals surface area (Å²) in [5.41, 5.74) is 0.826. The monoisotopic (exact) mass is 523 g/mol. The van der Waals surface area contributed by atoms with E-state index in [9.17, 15) is 14.7 Å². The molecule has 2 aromatic carbocycles. The molecule has 0 aliphatic rings. The molecule has 2 amide bonds. The molecular formula is C22H23Cl2N5O4S. The van der Waals surface area contributed by atoms with Crippen LogP contribution in [0.4, 0.5) is 5.69 Å². The molecule has 3 N–H and O–H groups in total. The van der Waals surface area contributed by atoms with Crippen molar-refractivity contribution < 1.29 is 19.4 Å². The number of nitrogens with zero attached hydrogens (tertiary/aromatic N) is 3. The van der Waals surface area contributed by atoms with Crippen molar-refractivity contribution in [2.45, 2.75) is 24.7 Å². The van der Waals surface area contributed by atoms with E-state index in [1.807, 2.05) is 6.92 Å². The number of anilines is 1. The third kappa shape index (κ3) is 6.41. The van der Waals surface area contributed by atoms with Crippen LogP contribution < -0.4 is 15.4 Å². The maximum atomic E-state index is 12.6. The first-order valence-corrected chi connectivity index (χ1v) is 12.0. The van der Waals surface area contributed by atoms with E-state index in [2.05, 4.69) is 20.8 Å². The second-order valence-corrected chi connectivity index (χ2v) is 8.77. The minimum atomic E-state index is -0.782. The van der Waals surface area contributed by atoms with Gasteiger partial charge in [-0.3, -0.25) is 9.59 Å². The molecule has 0 fully saturated rings. The maximum absolute atomic E-state index is 12.6. The molecule has 12 heteroatoms. The van der Waals surface area contributed by atoms with Gasteiger partial charge in [0, 0.05) is 17.1 Å². The van der Waals surface area contributed by atoms with Crippen LogP contribution in [0.25, 0.3) is 0 Å². The lowest BCUT2D eigenvalue weighted by Gasteiger charge is -2.17. The molecule has 0 aliphatic carbocycles. The second kappa shape index (κ2) is 12.1. The van der Waals surface area contributed by atoms with Crippen LogP contribution in [0, 0.1) is 0 Å². The van der Waals surface area contributed by atoms with Crippen molar-refractivity contribution in [3.63, 3.8) is 0 Å². The fourth-order valence-electron chi connectivity index (χ4n) is 3.05. The van der Waals surface area contributed by atoms with Crippen LogP contribution >= 0.6 is 35.0 Å². The molecule has 0 saturated heterocycles. The van der Waals surface area contributed by atoms with Crippen LogP contribution in [0.1, 0.15) is 29.1 Å². The minimum Gasteiger partial charge on any atom is -0.497 e. The van der Waals surface area contributed by atoms with Crippen LogP contribution in [0.15, 0.2) is 47.6 Å². The molecule has 1 heterocycles. The average molecular weight is 524 g/mol. The predicted molar refractivity (Wildman–Crippen MR) is 132 cm³/mol. The molecule has 180 valence electrons. The molecule has 0 aliphatic heterocycles. The highest BCUT2D eigenvalue weighted by Crippen LogP contribution is 2.26. The molecule has 3 aromatic rings. The fourth-order valence-corrected chi connectivity index (χ4v) is 4.19. The molecule has 3 rings (SSSR count). The zero-order chi connectivity index (χ0) is 24.7. The first-order valence-electron chi connectivity index (χ1n) is 10.2. The van der Waals surface area contributed by atoms with Crippen molar-refractivity contribution >= 4 is 52.5 Å². The molecule has 1 unspecified atom stereocenters. The van der Waals surface area contributed by atoms with Crippen molar-refractivity contribution in [2.75, 3.05) is 24.8 Å². The number of carbonyl (C=O) groups excluding carboxylic acids is 2. The number of rotatable bonds is 10. The Hall–Kier alpha value is -2.79. The molecule has 0 radical (unpaired) electrons. The summed E-state index contributed by atoms with van der Waals surface area (Å²) in [5, 5.41) is 25.0. The zero-order valence-electron chi connectivity index (χ0n) is 18.4. The lowest BCUT2D eigenvalue weighted by Crippen LogP contribution is -2.32. The van der Waals surface area contributed by atoms with Gasteiger partial charge in [0.2, 0.25) is 5.91 Å². The minimum absolute atomic E-state index is 0.0446. The van der Waals surface area contributed by atoms with Gasteiger partial charge in [-0.15, -0.1) is 10.2 Å². The Morgan fingerprint density at radius 2 is 1.91 bits per heavy atom. The highest BCUT2D eigenvalue weighted by atomic mass is 35.5. The van der Waals surface area contributed by atoms with Crippen molar-refractivity contribution in [3.05, 3.63) is 63.9 Å². The summed E-state index contributed by atoms with van der Waals surface area (Å²) in [6.07, 6.45) is 0. The van der Waals surface area contributed by atoms with Gasteiger partial charge in [-0.05, 0) is 49.4 Å². The lowest BCUT2D eigenvalue weighted by atomic mass is 10.2. The van der Waals surface area contributed by atoms with Gasteiger partial charge in [0.1, 0.15) is 11.8 Å². The topological polar surface area (TPSA) is 118 Å². The molecule has 1 aromatic heterocycles. The summed E-state index contributed by atoms with van der Waals surface area (Å²) in [6.45, 7) is 1.97. The Labute approximate surface area is 210 Å². The van der Waals surface area contributed by atoms with E-state index in [4.69, 9.17) is 27.9 Å². The number of aromatic nitrogens is 3. The predicted octanol–water partition coefficient (Wildman–Crippen LogP) is 3.81. The van der Waals surface area contributed by atoms with Gasteiger partial charge >= 0.3 is 0 Å². The van der Waals surface area contributed by atoms with Gasteiger partial charge in [0.25, 0.3) is 5.91 Å². The normalized spacial score (nSPS) is 11.7. The summed E-state index contributed by atoms with van der Waals surface area (Å²) < 4.78 is 6.84. The van der Waals surface area contributed by atoms with E-state index in [1.165, 1.54) is 11.8 Å². The lowest BCUT2D eigenvalue weighted by molar-refractivity contribution is -0.113.